The zero-order valence-electron chi connectivity index (χ0n) is 12.3. The van der Waals surface area contributed by atoms with E-state index in [2.05, 4.69) is 10.2 Å². The minimum atomic E-state index is -4.40. The number of carbonyl (C=O) groups is 1. The smallest absolute Gasteiger partial charge is 0.323 e. The van der Waals surface area contributed by atoms with E-state index in [1.807, 2.05) is 0 Å². The van der Waals surface area contributed by atoms with Crippen molar-refractivity contribution in [2.24, 2.45) is 0 Å². The summed E-state index contributed by atoms with van der Waals surface area (Å²) in [5.41, 5.74) is 0. The molecule has 1 aromatic carbocycles. The Morgan fingerprint density at radius 3 is 2.75 bits per heavy atom. The number of aliphatic carboxylic acids is 1. The molecule has 1 aromatic heterocycles. The Kier molecular flexibility index (Phi) is 4.06. The second-order valence-corrected chi connectivity index (χ2v) is 7.55. The summed E-state index contributed by atoms with van der Waals surface area (Å²) in [6.45, 7) is 1.17. The van der Waals surface area contributed by atoms with Gasteiger partial charge in [-0.15, -0.1) is 10.2 Å². The van der Waals surface area contributed by atoms with Crippen molar-refractivity contribution in [3.63, 3.8) is 0 Å². The van der Waals surface area contributed by atoms with Gasteiger partial charge in [0.15, 0.2) is 0 Å². The number of fused-ring (bicyclic) bond motifs is 1. The maximum atomic E-state index is 14.1. The van der Waals surface area contributed by atoms with E-state index >= 15 is 0 Å². The number of rotatable bonds is 3. The first kappa shape index (κ1) is 16.8. The van der Waals surface area contributed by atoms with Gasteiger partial charge in [-0.3, -0.25) is 4.79 Å². The lowest BCUT2D eigenvalue weighted by molar-refractivity contribution is -0.142. The van der Waals surface area contributed by atoms with Crippen LogP contribution >= 0.6 is 11.6 Å². The molecule has 24 heavy (non-hydrogen) atoms. The summed E-state index contributed by atoms with van der Waals surface area (Å²) in [4.78, 5) is 10.9. The van der Waals surface area contributed by atoms with Gasteiger partial charge in [0.25, 0.3) is 0 Å². The third-order valence-corrected chi connectivity index (χ3v) is 5.90. The zero-order chi connectivity index (χ0) is 17.6. The molecule has 2 heterocycles. The lowest BCUT2D eigenvalue weighted by Crippen LogP contribution is -2.50. The number of sulfonamides is 1. The van der Waals surface area contributed by atoms with Gasteiger partial charge in [0.2, 0.25) is 10.0 Å². The minimum Gasteiger partial charge on any atom is -0.480 e. The average molecular weight is 375 g/mol. The van der Waals surface area contributed by atoms with Crippen molar-refractivity contribution in [2.75, 3.05) is 0 Å². The summed E-state index contributed by atoms with van der Waals surface area (Å²) in [7, 11) is -4.40. The number of aryl methyl sites for hydroxylation is 1. The van der Waals surface area contributed by atoms with Crippen molar-refractivity contribution in [1.82, 2.24) is 19.1 Å². The van der Waals surface area contributed by atoms with E-state index in [-0.39, 0.29) is 18.1 Å². The van der Waals surface area contributed by atoms with Gasteiger partial charge in [-0.2, -0.15) is 4.31 Å². The Balaban J connectivity index is 2.10. The number of nitrogens with zero attached hydrogens (tertiary/aromatic N) is 4. The quantitative estimate of drug-likeness (QED) is 0.860. The molecule has 8 nitrogen and oxygen atoms in total. The molecule has 3 rings (SSSR count). The summed E-state index contributed by atoms with van der Waals surface area (Å²) in [6.07, 6.45) is 0. The topological polar surface area (TPSA) is 105 Å². The number of benzene rings is 1. The lowest BCUT2D eigenvalue weighted by atomic mass is 10.2. The third-order valence-electron chi connectivity index (χ3n) is 3.78. The van der Waals surface area contributed by atoms with Gasteiger partial charge in [0.1, 0.15) is 28.4 Å². The van der Waals surface area contributed by atoms with Gasteiger partial charge < -0.3 is 9.67 Å². The van der Waals surface area contributed by atoms with Crippen molar-refractivity contribution >= 4 is 27.6 Å². The van der Waals surface area contributed by atoms with Gasteiger partial charge in [-0.25, -0.2) is 12.8 Å². The Hall–Kier alpha value is -2.04. The van der Waals surface area contributed by atoms with Gasteiger partial charge >= 0.3 is 5.97 Å². The first-order chi connectivity index (χ1) is 11.2. The maximum absolute atomic E-state index is 14.1. The highest BCUT2D eigenvalue weighted by atomic mass is 35.5. The third kappa shape index (κ3) is 2.66. The van der Waals surface area contributed by atoms with E-state index in [0.717, 1.165) is 12.1 Å². The lowest BCUT2D eigenvalue weighted by Gasteiger charge is -2.32. The van der Waals surface area contributed by atoms with Gasteiger partial charge in [0.05, 0.1) is 13.1 Å². The van der Waals surface area contributed by atoms with Gasteiger partial charge in [0, 0.05) is 5.02 Å². The fourth-order valence-corrected chi connectivity index (χ4v) is 4.29. The monoisotopic (exact) mass is 374 g/mol. The molecule has 1 unspecified atom stereocenters. The second-order valence-electron chi connectivity index (χ2n) is 5.25. The van der Waals surface area contributed by atoms with Crippen LogP contribution in [0.25, 0.3) is 0 Å². The van der Waals surface area contributed by atoms with Crippen LogP contribution in [0.4, 0.5) is 4.39 Å². The van der Waals surface area contributed by atoms with Crippen molar-refractivity contribution in [3.8, 4) is 0 Å². The maximum Gasteiger partial charge on any atom is 0.323 e. The van der Waals surface area contributed by atoms with Crippen LogP contribution in [-0.4, -0.2) is 44.6 Å². The van der Waals surface area contributed by atoms with Crippen molar-refractivity contribution in [2.45, 2.75) is 31.0 Å². The van der Waals surface area contributed by atoms with E-state index in [1.165, 1.54) is 10.6 Å². The molecule has 128 valence electrons. The van der Waals surface area contributed by atoms with E-state index < -0.39 is 32.7 Å². The van der Waals surface area contributed by atoms with Gasteiger partial charge in [-0.1, -0.05) is 11.6 Å². The molecule has 0 saturated carbocycles. The largest absolute Gasteiger partial charge is 0.480 e. The summed E-state index contributed by atoms with van der Waals surface area (Å²) >= 11 is 5.64. The van der Waals surface area contributed by atoms with Crippen LogP contribution in [0.2, 0.25) is 5.02 Å². The van der Waals surface area contributed by atoms with Crippen molar-refractivity contribution in [1.29, 1.82) is 0 Å². The van der Waals surface area contributed by atoms with Gasteiger partial charge in [-0.05, 0) is 25.1 Å². The molecule has 2 aromatic rings. The first-order valence-electron chi connectivity index (χ1n) is 6.80. The van der Waals surface area contributed by atoms with E-state index in [0.29, 0.717) is 16.0 Å². The van der Waals surface area contributed by atoms with Crippen molar-refractivity contribution in [3.05, 3.63) is 40.7 Å². The molecule has 1 N–H and O–H groups in total. The highest BCUT2D eigenvalue weighted by Gasteiger charge is 2.42. The number of aromatic nitrogens is 3. The van der Waals surface area contributed by atoms with Crippen LogP contribution < -0.4 is 0 Å². The summed E-state index contributed by atoms with van der Waals surface area (Å²) in [6, 6.07) is 1.70. The fourth-order valence-electron chi connectivity index (χ4n) is 2.56. The van der Waals surface area contributed by atoms with E-state index in [1.54, 1.807) is 6.92 Å². The average Bonchev–Trinajstić information content (AvgIpc) is 2.86. The van der Waals surface area contributed by atoms with Crippen molar-refractivity contribution < 1.29 is 22.7 Å². The Morgan fingerprint density at radius 2 is 2.12 bits per heavy atom. The Labute approximate surface area is 141 Å². The number of hydrogen-bond donors (Lipinski definition) is 1. The molecule has 0 radical (unpaired) electrons. The highest BCUT2D eigenvalue weighted by Crippen LogP contribution is 2.28. The number of carboxylic acids is 1. The Bertz CT molecular complexity index is 930. The molecular weight excluding hydrogens is 363 g/mol. The SMILES string of the molecule is Cc1nnc2n1CC(C(=O)O)N(S(=O)(=O)c1ccc(Cl)cc1F)C2. The van der Waals surface area contributed by atoms with Crippen LogP contribution in [0.15, 0.2) is 23.1 Å². The molecule has 11 heteroatoms. The molecule has 1 aliphatic heterocycles. The number of hydrogen-bond acceptors (Lipinski definition) is 5. The number of carboxylic acid groups (broad SMARTS) is 1. The predicted molar refractivity (Wildman–Crippen MR) is 80.3 cm³/mol. The standard InChI is InChI=1S/C13H12ClFN4O4S/c1-7-16-17-12-6-19(10(13(20)21)5-18(7)12)24(22,23)11-3-2-8(14)4-9(11)15/h2-4,10H,5-6H2,1H3,(H,20,21). The Morgan fingerprint density at radius 1 is 1.42 bits per heavy atom. The summed E-state index contributed by atoms with van der Waals surface area (Å²) in [5.74, 6) is -1.62. The normalized spacial score (nSPS) is 18.4. The molecule has 0 fully saturated rings. The molecule has 0 saturated heterocycles. The predicted octanol–water partition coefficient (Wildman–Crippen LogP) is 1.04. The minimum absolute atomic E-state index is 0.0373. The van der Waals surface area contributed by atoms with Crippen LogP contribution in [0.3, 0.4) is 0 Å². The molecule has 0 spiro atoms. The van der Waals surface area contributed by atoms with Crippen LogP contribution in [-0.2, 0) is 27.9 Å². The second kappa shape index (κ2) is 5.80. The van der Waals surface area contributed by atoms with Crippen LogP contribution in [0.5, 0.6) is 0 Å². The van der Waals surface area contributed by atoms with Crippen LogP contribution in [0.1, 0.15) is 11.6 Å². The fraction of sp³-hybridized carbons (Fsp3) is 0.308. The molecule has 0 bridgehead atoms. The van der Waals surface area contributed by atoms with E-state index in [4.69, 9.17) is 11.6 Å². The first-order valence-corrected chi connectivity index (χ1v) is 8.62. The summed E-state index contributed by atoms with van der Waals surface area (Å²) in [5, 5.41) is 17.1. The molecule has 0 aliphatic carbocycles. The zero-order valence-corrected chi connectivity index (χ0v) is 13.9. The molecule has 1 aliphatic rings. The molecule has 1 atom stereocenters. The summed E-state index contributed by atoms with van der Waals surface area (Å²) < 4.78 is 41.8. The van der Waals surface area contributed by atoms with E-state index in [9.17, 15) is 22.7 Å². The molecule has 0 amide bonds. The number of halogens is 2. The molecular formula is C13H12ClFN4O4S. The van der Waals surface area contributed by atoms with Crippen LogP contribution in [0, 0.1) is 12.7 Å². The highest BCUT2D eigenvalue weighted by molar-refractivity contribution is 7.89.